The van der Waals surface area contributed by atoms with Crippen LogP contribution in [-0.4, -0.2) is 93.2 Å². The molecule has 1 aliphatic rings. The summed E-state index contributed by atoms with van der Waals surface area (Å²) < 4.78 is 15.4. The minimum Gasteiger partial charge on any atom is -0.508 e. The Bertz CT molecular complexity index is 644. The molecule has 0 aromatic heterocycles. The van der Waals surface area contributed by atoms with Crippen LogP contribution in [0.15, 0.2) is 30.3 Å². The van der Waals surface area contributed by atoms with E-state index in [1.165, 1.54) is 18.2 Å². The van der Waals surface area contributed by atoms with Crippen LogP contribution in [0.4, 0.5) is 0 Å². The highest BCUT2D eigenvalue weighted by Crippen LogP contribution is 2.23. The van der Waals surface area contributed by atoms with Gasteiger partial charge in [-0.15, -0.1) is 0 Å². The van der Waals surface area contributed by atoms with Crippen molar-refractivity contribution < 1.29 is 49.6 Å². The maximum absolute atomic E-state index is 11.8. The topological polar surface area (TPSA) is 166 Å². The van der Waals surface area contributed by atoms with Crippen molar-refractivity contribution in [2.45, 2.75) is 36.8 Å². The van der Waals surface area contributed by atoms with E-state index >= 15 is 0 Å². The van der Waals surface area contributed by atoms with Crippen molar-refractivity contribution in [3.05, 3.63) is 35.9 Å². The average molecular weight is 400 g/mol. The third-order valence-corrected chi connectivity index (χ3v) is 4.10. The number of hydrogen-bond donors (Lipinski definition) is 6. The summed E-state index contributed by atoms with van der Waals surface area (Å²) in [7, 11) is 0. The second-order valence-electron chi connectivity index (χ2n) is 6.19. The molecule has 2 rings (SSSR count). The second kappa shape index (κ2) is 10.5. The van der Waals surface area contributed by atoms with Crippen LogP contribution in [0.3, 0.4) is 0 Å². The van der Waals surface area contributed by atoms with E-state index in [1.54, 1.807) is 12.1 Å². The Morgan fingerprint density at radius 2 is 1.79 bits per heavy atom. The number of aliphatic hydroxyl groups is 5. The number of esters is 1. The molecule has 1 aliphatic heterocycles. The molecule has 1 aromatic carbocycles. The number of benzene rings is 1. The molecule has 0 unspecified atom stereocenters. The van der Waals surface area contributed by atoms with Crippen molar-refractivity contribution in [3.63, 3.8) is 0 Å². The minimum atomic E-state index is -1.63. The number of hydrogen-bond acceptors (Lipinski definition) is 10. The number of aromatic hydroxyl groups is 1. The molecule has 0 aliphatic carbocycles. The molecule has 0 spiro atoms. The molecule has 0 bridgehead atoms. The third-order valence-electron chi connectivity index (χ3n) is 4.10. The highest BCUT2D eigenvalue weighted by Gasteiger charge is 2.44. The van der Waals surface area contributed by atoms with Crippen molar-refractivity contribution in [3.8, 4) is 5.75 Å². The van der Waals surface area contributed by atoms with E-state index in [9.17, 15) is 30.3 Å². The van der Waals surface area contributed by atoms with E-state index in [-0.39, 0.29) is 12.4 Å². The molecule has 28 heavy (non-hydrogen) atoms. The average Bonchev–Trinajstić information content (AvgIpc) is 2.70. The van der Waals surface area contributed by atoms with Gasteiger partial charge in [-0.2, -0.15) is 0 Å². The van der Waals surface area contributed by atoms with E-state index in [2.05, 4.69) is 0 Å². The predicted octanol–water partition coefficient (Wildman–Crippen LogP) is -1.87. The Morgan fingerprint density at radius 1 is 1.11 bits per heavy atom. The highest BCUT2D eigenvalue weighted by atomic mass is 16.7. The zero-order valence-corrected chi connectivity index (χ0v) is 14.9. The van der Waals surface area contributed by atoms with Gasteiger partial charge in [0.05, 0.1) is 13.2 Å². The smallest absolute Gasteiger partial charge is 0.330 e. The van der Waals surface area contributed by atoms with Gasteiger partial charge in [-0.1, -0.05) is 12.1 Å². The van der Waals surface area contributed by atoms with Gasteiger partial charge >= 0.3 is 5.97 Å². The van der Waals surface area contributed by atoms with Crippen molar-refractivity contribution >= 4 is 12.0 Å². The van der Waals surface area contributed by atoms with E-state index < -0.39 is 56.0 Å². The number of phenols is 1. The predicted molar refractivity (Wildman–Crippen MR) is 93.8 cm³/mol. The van der Waals surface area contributed by atoms with Gasteiger partial charge in [-0.25, -0.2) is 4.79 Å². The summed E-state index contributed by atoms with van der Waals surface area (Å²) in [4.78, 5) is 11.8. The summed E-state index contributed by atoms with van der Waals surface area (Å²) in [6, 6.07) is 6.11. The molecule has 1 saturated heterocycles. The molecule has 6 N–H and O–H groups in total. The van der Waals surface area contributed by atoms with Crippen LogP contribution in [-0.2, 0) is 19.0 Å². The Kier molecular flexibility index (Phi) is 8.33. The third kappa shape index (κ3) is 5.97. The largest absolute Gasteiger partial charge is 0.508 e. The van der Waals surface area contributed by atoms with Gasteiger partial charge in [-0.3, -0.25) is 0 Å². The Morgan fingerprint density at radius 3 is 2.39 bits per heavy atom. The minimum absolute atomic E-state index is 0.0934. The molecule has 0 radical (unpaired) electrons. The Balaban J connectivity index is 1.86. The fraction of sp³-hybridized carbons (Fsp3) is 0.500. The molecule has 6 atom stereocenters. The molecule has 0 amide bonds. The molecule has 0 saturated carbocycles. The maximum Gasteiger partial charge on any atom is 0.330 e. The fourth-order valence-corrected chi connectivity index (χ4v) is 2.48. The Hall–Kier alpha value is -2.05. The number of rotatable bonds is 8. The highest BCUT2D eigenvalue weighted by molar-refractivity contribution is 5.87. The first-order valence-corrected chi connectivity index (χ1v) is 8.56. The molecule has 10 nitrogen and oxygen atoms in total. The van der Waals surface area contributed by atoms with Crippen molar-refractivity contribution in [1.29, 1.82) is 0 Å². The van der Waals surface area contributed by atoms with Gasteiger partial charge in [0.15, 0.2) is 6.29 Å². The van der Waals surface area contributed by atoms with Crippen molar-refractivity contribution in [1.82, 2.24) is 0 Å². The normalized spacial score (nSPS) is 29.0. The van der Waals surface area contributed by atoms with Crippen LogP contribution in [0, 0.1) is 0 Å². The number of phenolic OH excluding ortho intramolecular Hbond substituents is 1. The van der Waals surface area contributed by atoms with Crippen molar-refractivity contribution in [2.24, 2.45) is 0 Å². The van der Waals surface area contributed by atoms with Gasteiger partial charge in [0.25, 0.3) is 0 Å². The molecule has 1 heterocycles. The van der Waals surface area contributed by atoms with Gasteiger partial charge in [-0.05, 0) is 23.8 Å². The zero-order valence-electron chi connectivity index (χ0n) is 14.9. The van der Waals surface area contributed by atoms with Crippen LogP contribution >= 0.6 is 0 Å². The summed E-state index contributed by atoms with van der Waals surface area (Å²) in [6.45, 7) is -1.57. The van der Waals surface area contributed by atoms with Crippen LogP contribution < -0.4 is 0 Å². The van der Waals surface area contributed by atoms with Crippen LogP contribution in [0.25, 0.3) is 6.08 Å². The van der Waals surface area contributed by atoms with Crippen molar-refractivity contribution in [2.75, 3.05) is 19.8 Å². The van der Waals surface area contributed by atoms with Gasteiger partial charge < -0.3 is 44.8 Å². The van der Waals surface area contributed by atoms with Crippen LogP contribution in [0.2, 0.25) is 0 Å². The molecular weight excluding hydrogens is 376 g/mol. The summed E-state index contributed by atoms with van der Waals surface area (Å²) in [5, 5.41) is 57.1. The zero-order chi connectivity index (χ0) is 20.7. The summed E-state index contributed by atoms with van der Waals surface area (Å²) in [6.07, 6.45) is -5.84. The lowest BCUT2D eigenvalue weighted by atomic mass is 9.99. The monoisotopic (exact) mass is 400 g/mol. The summed E-state index contributed by atoms with van der Waals surface area (Å²) in [5.41, 5.74) is 0.658. The van der Waals surface area contributed by atoms with E-state index in [1.807, 2.05) is 0 Å². The molecule has 10 heteroatoms. The van der Waals surface area contributed by atoms with Gasteiger partial charge in [0, 0.05) is 6.08 Å². The summed E-state index contributed by atoms with van der Waals surface area (Å²) >= 11 is 0. The van der Waals surface area contributed by atoms with Crippen LogP contribution in [0.1, 0.15) is 5.56 Å². The molecule has 1 fully saturated rings. The Labute approximate surface area is 160 Å². The lowest BCUT2D eigenvalue weighted by molar-refractivity contribution is -0.315. The number of carbonyl (C=O) groups excluding carboxylic acids is 1. The standard InChI is InChI=1S/C18H24O10/c19-7-12(27-18-17(25)16(24)15(23)13(8-20)28-18)9-26-14(22)6-3-10-1-4-11(21)5-2-10/h1-6,12-13,15-21,23-25H,7-9H2/t12-,13-,15-,16-,17-,18-/m1/s1. The first-order chi connectivity index (χ1) is 13.3. The maximum atomic E-state index is 11.8. The van der Waals surface area contributed by atoms with E-state index in [0.717, 1.165) is 6.08 Å². The lowest BCUT2D eigenvalue weighted by Gasteiger charge is -2.40. The molecular formula is C18H24O10. The number of carbonyl (C=O) groups is 1. The first kappa shape index (κ1) is 22.2. The van der Waals surface area contributed by atoms with E-state index in [4.69, 9.17) is 19.3 Å². The van der Waals surface area contributed by atoms with Gasteiger partial charge in [0.1, 0.15) is 42.9 Å². The molecule has 156 valence electrons. The van der Waals surface area contributed by atoms with Gasteiger partial charge in [0.2, 0.25) is 0 Å². The van der Waals surface area contributed by atoms with Crippen LogP contribution in [0.5, 0.6) is 5.75 Å². The number of ether oxygens (including phenoxy) is 3. The summed E-state index contributed by atoms with van der Waals surface area (Å²) in [5.74, 6) is -0.625. The fourth-order valence-electron chi connectivity index (χ4n) is 2.48. The quantitative estimate of drug-likeness (QED) is 0.215. The second-order valence-corrected chi connectivity index (χ2v) is 6.19. The first-order valence-electron chi connectivity index (χ1n) is 8.56. The van der Waals surface area contributed by atoms with E-state index in [0.29, 0.717) is 5.56 Å². The lowest BCUT2D eigenvalue weighted by Crippen LogP contribution is -2.60. The SMILES string of the molecule is O=C(C=Cc1ccc(O)cc1)OC[C@@H](CO)O[C@@H]1O[C@H](CO)[C@@H](O)[C@@H](O)[C@H]1O. The number of aliphatic hydroxyl groups excluding tert-OH is 5. The molecule has 1 aromatic rings.